The molecular formula is C15H14FNOS. The van der Waals surface area contributed by atoms with Crippen LogP contribution in [0.3, 0.4) is 0 Å². The molecule has 0 fully saturated rings. The molecule has 0 saturated carbocycles. The highest BCUT2D eigenvalue weighted by Crippen LogP contribution is 2.24. The van der Waals surface area contributed by atoms with Gasteiger partial charge in [0.15, 0.2) is 0 Å². The normalized spacial score (nSPS) is 10.2. The zero-order chi connectivity index (χ0) is 13.7. The molecule has 0 bridgehead atoms. The van der Waals surface area contributed by atoms with Crippen LogP contribution in [0, 0.1) is 5.82 Å². The van der Waals surface area contributed by atoms with Crippen molar-refractivity contribution in [2.24, 2.45) is 0 Å². The fourth-order valence-corrected chi connectivity index (χ4v) is 2.37. The van der Waals surface area contributed by atoms with E-state index in [1.165, 1.54) is 12.1 Å². The van der Waals surface area contributed by atoms with E-state index in [0.717, 1.165) is 17.5 Å². The van der Waals surface area contributed by atoms with Crippen molar-refractivity contribution in [2.45, 2.75) is 6.54 Å². The van der Waals surface area contributed by atoms with Gasteiger partial charge < -0.3 is 4.31 Å². The van der Waals surface area contributed by atoms with Crippen LogP contribution in [0.4, 0.5) is 10.1 Å². The number of anilines is 1. The molecule has 2 rings (SSSR count). The summed E-state index contributed by atoms with van der Waals surface area (Å²) in [5.74, 6) is -0.234. The minimum absolute atomic E-state index is 0.234. The van der Waals surface area contributed by atoms with Gasteiger partial charge in [0.05, 0.1) is 6.54 Å². The van der Waals surface area contributed by atoms with Gasteiger partial charge in [0.2, 0.25) is 0 Å². The van der Waals surface area contributed by atoms with E-state index in [0.29, 0.717) is 12.1 Å². The highest BCUT2D eigenvalue weighted by Gasteiger charge is 2.07. The van der Waals surface area contributed by atoms with E-state index < -0.39 is 0 Å². The third-order valence-electron chi connectivity index (χ3n) is 2.75. The lowest BCUT2D eigenvalue weighted by atomic mass is 10.2. The summed E-state index contributed by atoms with van der Waals surface area (Å²) in [5.41, 5.74) is 2.63. The van der Waals surface area contributed by atoms with Gasteiger partial charge in [0.25, 0.3) is 0 Å². The third kappa shape index (κ3) is 3.58. The number of rotatable bonds is 5. The molecule has 0 N–H and O–H groups in total. The van der Waals surface area contributed by atoms with Crippen molar-refractivity contribution in [2.75, 3.05) is 10.6 Å². The smallest absolute Gasteiger partial charge is 0.150 e. The molecule has 0 spiro atoms. The van der Waals surface area contributed by atoms with Gasteiger partial charge in [-0.05, 0) is 29.8 Å². The van der Waals surface area contributed by atoms with E-state index in [4.69, 9.17) is 0 Å². The summed E-state index contributed by atoms with van der Waals surface area (Å²) in [6.45, 7) is 0.657. The predicted molar refractivity (Wildman–Crippen MR) is 77.9 cm³/mol. The summed E-state index contributed by atoms with van der Waals surface area (Å²) in [6, 6.07) is 13.9. The summed E-state index contributed by atoms with van der Waals surface area (Å²) in [6.07, 6.45) is 2.80. The number of carbonyl (C=O) groups excluding carboxylic acids is 1. The number of carbonyl (C=O) groups is 1. The summed E-state index contributed by atoms with van der Waals surface area (Å²) in [4.78, 5) is 10.8. The molecule has 19 heavy (non-hydrogen) atoms. The molecule has 0 aliphatic carbocycles. The van der Waals surface area contributed by atoms with Gasteiger partial charge in [-0.2, -0.15) is 0 Å². The van der Waals surface area contributed by atoms with Crippen molar-refractivity contribution in [1.29, 1.82) is 0 Å². The highest BCUT2D eigenvalue weighted by molar-refractivity contribution is 7.99. The van der Waals surface area contributed by atoms with Crippen LogP contribution in [-0.2, 0) is 6.54 Å². The Labute approximate surface area is 116 Å². The second-order valence-electron chi connectivity index (χ2n) is 4.06. The Kier molecular flexibility index (Phi) is 4.58. The van der Waals surface area contributed by atoms with Crippen LogP contribution in [-0.4, -0.2) is 12.5 Å². The van der Waals surface area contributed by atoms with E-state index in [1.54, 1.807) is 30.1 Å². The first-order valence-corrected chi connectivity index (χ1v) is 7.02. The Bertz CT molecular complexity index is 556. The molecule has 2 nitrogen and oxygen atoms in total. The number of hydrogen-bond acceptors (Lipinski definition) is 3. The molecule has 2 aromatic rings. The molecule has 0 amide bonds. The standard InChI is InChI=1S/C15H14FNOS/c1-19-17(10-12-5-7-14(16)8-6-12)15-4-2-3-13(9-15)11-18/h2-9,11H,10H2,1H3. The molecule has 0 unspecified atom stereocenters. The van der Waals surface area contributed by atoms with Crippen LogP contribution in [0.5, 0.6) is 0 Å². The maximum absolute atomic E-state index is 12.9. The summed E-state index contributed by atoms with van der Waals surface area (Å²) < 4.78 is 14.9. The van der Waals surface area contributed by atoms with Gasteiger partial charge in [-0.3, -0.25) is 4.79 Å². The average Bonchev–Trinajstić information content (AvgIpc) is 2.46. The first-order chi connectivity index (χ1) is 9.22. The second kappa shape index (κ2) is 6.38. The monoisotopic (exact) mass is 275 g/mol. The van der Waals surface area contributed by atoms with Gasteiger partial charge in [-0.1, -0.05) is 36.2 Å². The number of aldehydes is 1. The van der Waals surface area contributed by atoms with Crippen LogP contribution in [0.1, 0.15) is 15.9 Å². The number of halogens is 1. The van der Waals surface area contributed by atoms with Crippen LogP contribution >= 0.6 is 11.9 Å². The third-order valence-corrected chi connectivity index (χ3v) is 3.53. The maximum Gasteiger partial charge on any atom is 0.150 e. The minimum atomic E-state index is -0.234. The Balaban J connectivity index is 2.19. The minimum Gasteiger partial charge on any atom is -0.312 e. The molecule has 0 atom stereocenters. The summed E-state index contributed by atoms with van der Waals surface area (Å²) in [7, 11) is 0. The molecule has 0 aliphatic heterocycles. The van der Waals surface area contributed by atoms with E-state index in [-0.39, 0.29) is 5.82 Å². The van der Waals surface area contributed by atoms with Crippen molar-refractivity contribution in [3.8, 4) is 0 Å². The first kappa shape index (κ1) is 13.6. The lowest BCUT2D eigenvalue weighted by molar-refractivity contribution is 0.112. The topological polar surface area (TPSA) is 20.3 Å². The fourth-order valence-electron chi connectivity index (χ4n) is 1.77. The molecule has 0 saturated heterocycles. The lowest BCUT2D eigenvalue weighted by Crippen LogP contribution is -2.13. The predicted octanol–water partition coefficient (Wildman–Crippen LogP) is 3.92. The molecular weight excluding hydrogens is 261 g/mol. The molecule has 4 heteroatoms. The second-order valence-corrected chi connectivity index (χ2v) is 4.86. The van der Waals surface area contributed by atoms with Crippen LogP contribution in [0.15, 0.2) is 48.5 Å². The van der Waals surface area contributed by atoms with Gasteiger partial charge >= 0.3 is 0 Å². The largest absolute Gasteiger partial charge is 0.312 e. The van der Waals surface area contributed by atoms with Crippen molar-refractivity contribution in [3.05, 3.63) is 65.5 Å². The van der Waals surface area contributed by atoms with Crippen LogP contribution in [0.25, 0.3) is 0 Å². The van der Waals surface area contributed by atoms with Gasteiger partial charge in [-0.25, -0.2) is 4.39 Å². The van der Waals surface area contributed by atoms with Crippen molar-refractivity contribution < 1.29 is 9.18 Å². The Hall–Kier alpha value is -1.81. The van der Waals surface area contributed by atoms with E-state index in [9.17, 15) is 9.18 Å². The summed E-state index contributed by atoms with van der Waals surface area (Å²) in [5, 5.41) is 0. The average molecular weight is 275 g/mol. The SMILES string of the molecule is CSN(Cc1ccc(F)cc1)c1cccc(C=O)c1. The quantitative estimate of drug-likeness (QED) is 0.609. The summed E-state index contributed by atoms with van der Waals surface area (Å²) >= 11 is 1.56. The first-order valence-electron chi connectivity index (χ1n) is 5.84. The number of benzene rings is 2. The molecule has 98 valence electrons. The van der Waals surface area contributed by atoms with Crippen molar-refractivity contribution in [3.63, 3.8) is 0 Å². The van der Waals surface area contributed by atoms with E-state index >= 15 is 0 Å². The molecule has 0 radical (unpaired) electrons. The van der Waals surface area contributed by atoms with Gasteiger partial charge in [0.1, 0.15) is 12.1 Å². The molecule has 0 heterocycles. The van der Waals surface area contributed by atoms with Crippen molar-refractivity contribution >= 4 is 23.9 Å². The Morgan fingerprint density at radius 1 is 1.21 bits per heavy atom. The van der Waals surface area contributed by atoms with Gasteiger partial charge in [0, 0.05) is 17.5 Å². The molecule has 2 aromatic carbocycles. The van der Waals surface area contributed by atoms with Crippen LogP contribution in [0.2, 0.25) is 0 Å². The maximum atomic E-state index is 12.9. The van der Waals surface area contributed by atoms with Crippen LogP contribution < -0.4 is 4.31 Å². The zero-order valence-electron chi connectivity index (χ0n) is 10.5. The number of nitrogens with zero attached hydrogens (tertiary/aromatic N) is 1. The van der Waals surface area contributed by atoms with E-state index in [2.05, 4.69) is 4.31 Å². The Morgan fingerprint density at radius 3 is 2.58 bits per heavy atom. The number of hydrogen-bond donors (Lipinski definition) is 0. The molecule has 0 aromatic heterocycles. The highest BCUT2D eigenvalue weighted by atomic mass is 32.2. The lowest BCUT2D eigenvalue weighted by Gasteiger charge is -2.22. The van der Waals surface area contributed by atoms with Gasteiger partial charge in [-0.15, -0.1) is 0 Å². The van der Waals surface area contributed by atoms with E-state index in [1.807, 2.05) is 24.5 Å². The Morgan fingerprint density at radius 2 is 1.95 bits per heavy atom. The van der Waals surface area contributed by atoms with Crippen molar-refractivity contribution in [1.82, 2.24) is 0 Å². The molecule has 0 aliphatic rings. The zero-order valence-corrected chi connectivity index (χ0v) is 11.4. The fraction of sp³-hybridized carbons (Fsp3) is 0.133.